The van der Waals surface area contributed by atoms with Crippen LogP contribution < -0.4 is 10.1 Å². The molecule has 0 radical (unpaired) electrons. The van der Waals surface area contributed by atoms with Crippen molar-refractivity contribution in [2.45, 2.75) is 26.3 Å². The van der Waals surface area contributed by atoms with Gasteiger partial charge in [-0.1, -0.05) is 78.9 Å². The van der Waals surface area contributed by atoms with Crippen molar-refractivity contribution < 1.29 is 14.6 Å². The van der Waals surface area contributed by atoms with Gasteiger partial charge < -0.3 is 15.2 Å². The van der Waals surface area contributed by atoms with Gasteiger partial charge in [0.15, 0.2) is 0 Å². The summed E-state index contributed by atoms with van der Waals surface area (Å²) >= 11 is 0. The molecule has 0 saturated heterocycles. The monoisotopic (exact) mass is 413 g/mol. The summed E-state index contributed by atoms with van der Waals surface area (Å²) in [5, 5.41) is 14.5. The minimum Gasteiger partial charge on any atom is -0.507 e. The number of nitrogens with one attached hydrogen (secondary N) is 1. The molecule has 0 aliphatic heterocycles. The van der Waals surface area contributed by atoms with Crippen molar-refractivity contribution in [3.63, 3.8) is 0 Å². The van der Waals surface area contributed by atoms with Crippen LogP contribution in [0.15, 0.2) is 103 Å². The number of hydrogen-bond donors (Lipinski definition) is 2. The van der Waals surface area contributed by atoms with Crippen LogP contribution in [0.4, 0.5) is 0 Å². The molecule has 0 aliphatic carbocycles. The Morgan fingerprint density at radius 1 is 0.806 bits per heavy atom. The van der Waals surface area contributed by atoms with Crippen molar-refractivity contribution >= 4 is 17.2 Å². The Hall–Kier alpha value is -3.79. The van der Waals surface area contributed by atoms with Crippen LogP contribution in [0.2, 0.25) is 0 Å². The van der Waals surface area contributed by atoms with E-state index in [2.05, 4.69) is 5.32 Å². The number of allylic oxidation sites excluding steroid dienone is 1. The molecule has 4 heteroatoms. The first-order chi connectivity index (χ1) is 14.8. The summed E-state index contributed by atoms with van der Waals surface area (Å²) in [6.45, 7) is 6.10. The lowest BCUT2D eigenvalue weighted by atomic mass is 10.0. The third-order valence-electron chi connectivity index (χ3n) is 4.35. The zero-order valence-corrected chi connectivity index (χ0v) is 18.0. The van der Waals surface area contributed by atoms with Crippen LogP contribution in [-0.2, 0) is 4.79 Å². The second-order valence-electron chi connectivity index (χ2n) is 8.13. The number of benzene rings is 3. The fourth-order valence-corrected chi connectivity index (χ4v) is 3.04. The highest BCUT2D eigenvalue weighted by Gasteiger charge is 2.21. The Morgan fingerprint density at radius 2 is 1.29 bits per heavy atom. The molecule has 31 heavy (non-hydrogen) atoms. The molecule has 0 unspecified atom stereocenters. The molecule has 0 spiro atoms. The van der Waals surface area contributed by atoms with Crippen molar-refractivity contribution in [1.29, 1.82) is 0 Å². The van der Waals surface area contributed by atoms with Gasteiger partial charge in [-0.3, -0.25) is 0 Å². The van der Waals surface area contributed by atoms with Gasteiger partial charge in [0.25, 0.3) is 0 Å². The fraction of sp³-hybridized carbons (Fsp3) is 0.148. The number of aliphatic hydroxyl groups is 1. The molecular formula is C27H27NO3. The maximum atomic E-state index is 13.1. The zero-order valence-electron chi connectivity index (χ0n) is 18.0. The van der Waals surface area contributed by atoms with Gasteiger partial charge in [0, 0.05) is 17.3 Å². The quantitative estimate of drug-likeness (QED) is 0.171. The van der Waals surface area contributed by atoms with Gasteiger partial charge in [0.1, 0.15) is 17.1 Å². The summed E-state index contributed by atoms with van der Waals surface area (Å²) in [4.78, 5) is 13.1. The number of carbonyl (C=O) groups excluding carboxylic acids is 1. The molecule has 2 N–H and O–H groups in total. The molecule has 0 atom stereocenters. The largest absolute Gasteiger partial charge is 0.507 e. The minimum atomic E-state index is -0.630. The van der Waals surface area contributed by atoms with Gasteiger partial charge in [-0.15, -0.1) is 0 Å². The van der Waals surface area contributed by atoms with Gasteiger partial charge in [0.2, 0.25) is 0 Å². The van der Waals surface area contributed by atoms with Crippen LogP contribution in [0.25, 0.3) is 11.3 Å². The molecule has 0 aliphatic rings. The summed E-state index contributed by atoms with van der Waals surface area (Å²) in [5.74, 6) is -0.397. The highest BCUT2D eigenvalue weighted by Crippen LogP contribution is 2.25. The Labute approximate surface area is 183 Å². The van der Waals surface area contributed by atoms with Crippen LogP contribution in [0, 0.1) is 0 Å². The van der Waals surface area contributed by atoms with Crippen molar-refractivity contribution in [2.75, 3.05) is 0 Å². The van der Waals surface area contributed by atoms with E-state index >= 15 is 0 Å². The lowest BCUT2D eigenvalue weighted by Gasteiger charge is -2.25. The molecule has 0 aromatic heterocycles. The molecule has 3 aromatic carbocycles. The normalized spacial score (nSPS) is 12.7. The molecule has 0 heterocycles. The molecule has 158 valence electrons. The third kappa shape index (κ3) is 6.34. The van der Waals surface area contributed by atoms with Crippen LogP contribution in [0.3, 0.4) is 0 Å². The molecule has 3 aromatic rings. The van der Waals surface area contributed by atoms with E-state index in [4.69, 9.17) is 4.74 Å². The van der Waals surface area contributed by atoms with Crippen molar-refractivity contribution in [3.8, 4) is 5.75 Å². The first-order valence-corrected chi connectivity index (χ1v) is 10.1. The summed E-state index contributed by atoms with van der Waals surface area (Å²) in [6.07, 6.45) is 1.58. The topological polar surface area (TPSA) is 58.6 Å². The SMILES string of the molecule is CC(C)(C)N/C(=C\C(O)=C(/C(=O)Oc1ccccc1)c1ccccc1)c1ccccc1. The summed E-state index contributed by atoms with van der Waals surface area (Å²) in [6, 6.07) is 27.5. The van der Waals surface area contributed by atoms with Gasteiger partial charge >= 0.3 is 5.97 Å². The third-order valence-corrected chi connectivity index (χ3v) is 4.35. The highest BCUT2D eigenvalue weighted by molar-refractivity contribution is 6.18. The summed E-state index contributed by atoms with van der Waals surface area (Å²) in [5.41, 5.74) is 2.01. The van der Waals surface area contributed by atoms with E-state index in [1.165, 1.54) is 0 Å². The molecule has 0 fully saturated rings. The number of aliphatic hydroxyl groups excluding tert-OH is 1. The number of carbonyl (C=O) groups is 1. The Balaban J connectivity index is 2.09. The summed E-state index contributed by atoms with van der Waals surface area (Å²) < 4.78 is 5.53. The first-order valence-electron chi connectivity index (χ1n) is 10.1. The van der Waals surface area contributed by atoms with E-state index in [-0.39, 0.29) is 16.9 Å². The van der Waals surface area contributed by atoms with Gasteiger partial charge in [-0.25, -0.2) is 4.79 Å². The minimum absolute atomic E-state index is 0.0913. The smallest absolute Gasteiger partial charge is 0.347 e. The predicted octanol–water partition coefficient (Wildman–Crippen LogP) is 5.99. The zero-order chi connectivity index (χ0) is 22.3. The van der Waals surface area contributed by atoms with Crippen molar-refractivity contribution in [3.05, 3.63) is 114 Å². The first kappa shape index (κ1) is 21.9. The second kappa shape index (κ2) is 9.81. The predicted molar refractivity (Wildman–Crippen MR) is 125 cm³/mol. The van der Waals surface area contributed by atoms with Crippen LogP contribution in [0.1, 0.15) is 31.9 Å². The lowest BCUT2D eigenvalue weighted by Crippen LogP contribution is -2.34. The van der Waals surface area contributed by atoms with Gasteiger partial charge in [-0.2, -0.15) is 0 Å². The Bertz CT molecular complexity index is 1060. The Morgan fingerprint density at radius 3 is 1.81 bits per heavy atom. The maximum absolute atomic E-state index is 13.1. The molecular weight excluding hydrogens is 386 g/mol. The number of para-hydroxylation sites is 1. The standard InChI is InChI=1S/C27H27NO3/c1-27(2,3)28-23(20-13-7-4-8-14-20)19-24(29)25(21-15-9-5-10-16-21)26(30)31-22-17-11-6-12-18-22/h4-19,28-29H,1-3H3/b23-19-,25-24+. The van der Waals surface area contributed by atoms with Crippen LogP contribution >= 0.6 is 0 Å². The molecule has 0 saturated carbocycles. The number of rotatable bonds is 6. The molecule has 0 bridgehead atoms. The van der Waals surface area contributed by atoms with E-state index in [0.717, 1.165) is 5.56 Å². The van der Waals surface area contributed by atoms with E-state index in [1.54, 1.807) is 42.5 Å². The van der Waals surface area contributed by atoms with Crippen LogP contribution in [0.5, 0.6) is 5.75 Å². The number of ether oxygens (including phenoxy) is 1. The maximum Gasteiger partial charge on any atom is 0.347 e. The van der Waals surface area contributed by atoms with E-state index in [0.29, 0.717) is 17.0 Å². The average Bonchev–Trinajstić information content (AvgIpc) is 2.74. The van der Waals surface area contributed by atoms with Crippen molar-refractivity contribution in [2.24, 2.45) is 0 Å². The average molecular weight is 414 g/mol. The van der Waals surface area contributed by atoms with E-state index in [1.807, 2.05) is 75.4 Å². The van der Waals surface area contributed by atoms with Gasteiger partial charge in [0.05, 0.1) is 0 Å². The van der Waals surface area contributed by atoms with E-state index in [9.17, 15) is 9.90 Å². The molecule has 4 nitrogen and oxygen atoms in total. The van der Waals surface area contributed by atoms with E-state index < -0.39 is 5.97 Å². The molecule has 3 rings (SSSR count). The Kier molecular flexibility index (Phi) is 6.93. The van der Waals surface area contributed by atoms with Crippen LogP contribution in [-0.4, -0.2) is 16.6 Å². The summed E-state index contributed by atoms with van der Waals surface area (Å²) in [7, 11) is 0. The number of esters is 1. The lowest BCUT2D eigenvalue weighted by molar-refractivity contribution is -0.128. The van der Waals surface area contributed by atoms with Gasteiger partial charge in [-0.05, 0) is 44.0 Å². The highest BCUT2D eigenvalue weighted by atomic mass is 16.5. The molecule has 0 amide bonds. The second-order valence-corrected chi connectivity index (χ2v) is 8.13. The van der Waals surface area contributed by atoms with Crippen molar-refractivity contribution in [1.82, 2.24) is 5.32 Å². The fourth-order valence-electron chi connectivity index (χ4n) is 3.04. The number of hydrogen-bond acceptors (Lipinski definition) is 4.